The van der Waals surface area contributed by atoms with Gasteiger partial charge in [0.1, 0.15) is 6.04 Å². The van der Waals surface area contributed by atoms with Crippen molar-refractivity contribution in [2.24, 2.45) is 0 Å². The van der Waals surface area contributed by atoms with Crippen molar-refractivity contribution in [2.45, 2.75) is 24.3 Å². The summed E-state index contributed by atoms with van der Waals surface area (Å²) < 4.78 is 34.5. The number of benzene rings is 3. The maximum atomic E-state index is 13.8. The van der Waals surface area contributed by atoms with Crippen molar-refractivity contribution >= 4 is 51.0 Å². The zero-order valence-corrected chi connectivity index (χ0v) is 19.3. The Morgan fingerprint density at radius 3 is 2.45 bits per heavy atom. The number of aryl methyl sites for hydroxylation is 1. The molecule has 166 valence electrons. The van der Waals surface area contributed by atoms with E-state index in [1.54, 1.807) is 48.5 Å². The molecule has 0 spiro atoms. The van der Waals surface area contributed by atoms with E-state index >= 15 is 0 Å². The first-order valence-corrected chi connectivity index (χ1v) is 12.3. The van der Waals surface area contributed by atoms with E-state index in [0.717, 1.165) is 22.0 Å². The van der Waals surface area contributed by atoms with Gasteiger partial charge in [-0.05, 0) is 48.3 Å². The van der Waals surface area contributed by atoms with Gasteiger partial charge in [-0.2, -0.15) is 4.22 Å². The Bertz CT molecular complexity index is 1440. The van der Waals surface area contributed by atoms with E-state index in [4.69, 9.17) is 16.3 Å². The number of hydrogen-bond acceptors (Lipinski definition) is 4. The SMILES string of the molecule is Cc1ccc(S(=O)(=O)N2B(c3ccc(Cl)cc3)OC(=O)[C@@H]2Cc2c[nH]c3ccccc23)cc1. The summed E-state index contributed by atoms with van der Waals surface area (Å²) in [5, 5.41) is 1.44. The van der Waals surface area contributed by atoms with E-state index < -0.39 is 29.1 Å². The highest BCUT2D eigenvalue weighted by Gasteiger charge is 2.53. The first-order chi connectivity index (χ1) is 15.8. The summed E-state index contributed by atoms with van der Waals surface area (Å²) in [7, 11) is -5.14. The maximum Gasteiger partial charge on any atom is 0.502 e. The van der Waals surface area contributed by atoms with Crippen molar-refractivity contribution in [3.8, 4) is 0 Å². The molecule has 33 heavy (non-hydrogen) atoms. The van der Waals surface area contributed by atoms with E-state index in [0.29, 0.717) is 10.5 Å². The van der Waals surface area contributed by atoms with Gasteiger partial charge in [0.05, 0.1) is 4.90 Å². The summed E-state index contributed by atoms with van der Waals surface area (Å²) in [6.07, 6.45) is 1.99. The van der Waals surface area contributed by atoms with Gasteiger partial charge in [-0.15, -0.1) is 0 Å². The van der Waals surface area contributed by atoms with Crippen LogP contribution in [-0.2, 0) is 25.9 Å². The van der Waals surface area contributed by atoms with Crippen LogP contribution in [0.2, 0.25) is 5.02 Å². The molecule has 1 N–H and O–H groups in total. The van der Waals surface area contributed by atoms with Crippen LogP contribution < -0.4 is 5.46 Å². The van der Waals surface area contributed by atoms with Gasteiger partial charge < -0.3 is 9.64 Å². The van der Waals surface area contributed by atoms with Crippen LogP contribution in [-0.4, -0.2) is 36.7 Å². The van der Waals surface area contributed by atoms with Crippen LogP contribution in [0.15, 0.2) is 83.9 Å². The lowest BCUT2D eigenvalue weighted by Crippen LogP contribution is -2.51. The average molecular weight is 479 g/mol. The third-order valence-corrected chi connectivity index (χ3v) is 8.00. The zero-order valence-electron chi connectivity index (χ0n) is 17.7. The summed E-state index contributed by atoms with van der Waals surface area (Å²) in [5.74, 6) is -0.587. The molecule has 1 aromatic heterocycles. The van der Waals surface area contributed by atoms with Gasteiger partial charge in [0, 0.05) is 28.5 Å². The molecular formula is C24H20BClN2O4S. The normalized spacial score (nSPS) is 17.0. The Kier molecular flexibility index (Phi) is 5.52. The molecule has 1 aliphatic rings. The molecule has 1 saturated heterocycles. The number of para-hydroxylation sites is 1. The molecule has 0 saturated carbocycles. The van der Waals surface area contributed by atoms with Gasteiger partial charge in [-0.3, -0.25) is 4.79 Å². The predicted octanol–water partition coefficient (Wildman–Crippen LogP) is 3.68. The fourth-order valence-corrected chi connectivity index (χ4v) is 5.92. The van der Waals surface area contributed by atoms with Crippen LogP contribution >= 0.6 is 11.6 Å². The topological polar surface area (TPSA) is 79.5 Å². The van der Waals surface area contributed by atoms with Crippen LogP contribution in [0.1, 0.15) is 11.1 Å². The number of fused-ring (bicyclic) bond motifs is 1. The van der Waals surface area contributed by atoms with Gasteiger partial charge >= 0.3 is 13.0 Å². The first kappa shape index (κ1) is 21.8. The molecule has 4 aromatic rings. The minimum Gasteiger partial charge on any atom is -0.514 e. The largest absolute Gasteiger partial charge is 0.514 e. The first-order valence-electron chi connectivity index (χ1n) is 10.5. The van der Waals surface area contributed by atoms with Gasteiger partial charge in [-0.25, -0.2) is 8.42 Å². The molecule has 5 rings (SSSR count). The maximum absolute atomic E-state index is 13.8. The van der Waals surface area contributed by atoms with Crippen LogP contribution in [0.3, 0.4) is 0 Å². The molecule has 3 aromatic carbocycles. The second-order valence-corrected chi connectivity index (χ2v) is 10.3. The lowest BCUT2D eigenvalue weighted by atomic mass is 9.74. The summed E-state index contributed by atoms with van der Waals surface area (Å²) in [5.41, 5.74) is 3.23. The lowest BCUT2D eigenvalue weighted by molar-refractivity contribution is -0.134. The van der Waals surface area contributed by atoms with Gasteiger partial charge in [0.2, 0.25) is 10.0 Å². The summed E-state index contributed by atoms with van der Waals surface area (Å²) in [4.78, 5) is 16.4. The summed E-state index contributed by atoms with van der Waals surface area (Å²) >= 11 is 6.02. The molecule has 2 heterocycles. The molecule has 0 radical (unpaired) electrons. The zero-order chi connectivity index (χ0) is 23.2. The Morgan fingerprint density at radius 2 is 1.73 bits per heavy atom. The van der Waals surface area contributed by atoms with Crippen LogP contribution in [0, 0.1) is 6.92 Å². The van der Waals surface area contributed by atoms with E-state index in [9.17, 15) is 13.2 Å². The summed E-state index contributed by atoms with van der Waals surface area (Å²) in [6, 6.07) is 19.9. The average Bonchev–Trinajstić information content (AvgIpc) is 3.36. The van der Waals surface area contributed by atoms with Crippen molar-refractivity contribution in [2.75, 3.05) is 0 Å². The van der Waals surface area contributed by atoms with E-state index in [1.807, 2.05) is 37.4 Å². The minimum atomic E-state index is -4.06. The lowest BCUT2D eigenvalue weighted by Gasteiger charge is -2.23. The second kappa shape index (κ2) is 8.37. The fraction of sp³-hybridized carbons (Fsp3) is 0.125. The highest BCUT2D eigenvalue weighted by molar-refractivity contribution is 7.90. The van der Waals surface area contributed by atoms with Crippen LogP contribution in [0.4, 0.5) is 0 Å². The second-order valence-electron chi connectivity index (χ2n) is 8.07. The number of nitrogens with one attached hydrogen (secondary N) is 1. The molecule has 0 aliphatic carbocycles. The number of rotatable bonds is 5. The van der Waals surface area contributed by atoms with Crippen molar-refractivity contribution in [1.29, 1.82) is 0 Å². The van der Waals surface area contributed by atoms with E-state index in [2.05, 4.69) is 4.98 Å². The van der Waals surface area contributed by atoms with Crippen LogP contribution in [0.25, 0.3) is 10.9 Å². The fourth-order valence-electron chi connectivity index (χ4n) is 4.16. The standard InChI is InChI=1S/C24H20BClN2O4S/c1-16-6-12-20(13-7-16)33(30,31)28-23(14-17-15-27-22-5-3-2-4-21(17)22)24(29)32-25(28)18-8-10-19(26)11-9-18/h2-13,15,23,27H,14H2,1H3/t23-/m0/s1. The number of halogens is 1. The van der Waals surface area contributed by atoms with Crippen molar-refractivity contribution in [3.63, 3.8) is 0 Å². The molecule has 9 heteroatoms. The highest BCUT2D eigenvalue weighted by atomic mass is 35.5. The number of aromatic nitrogens is 1. The molecular weight excluding hydrogens is 459 g/mol. The molecule has 0 amide bonds. The third-order valence-electron chi connectivity index (χ3n) is 5.88. The van der Waals surface area contributed by atoms with E-state index in [-0.39, 0.29) is 11.3 Å². The molecule has 0 unspecified atom stereocenters. The number of nitrogens with zero attached hydrogens (tertiary/aromatic N) is 1. The van der Waals surface area contributed by atoms with Gasteiger partial charge in [0.25, 0.3) is 0 Å². The number of H-pyrrole nitrogens is 1. The van der Waals surface area contributed by atoms with Crippen molar-refractivity contribution in [1.82, 2.24) is 9.20 Å². The number of aromatic amines is 1. The predicted molar refractivity (Wildman–Crippen MR) is 129 cm³/mol. The van der Waals surface area contributed by atoms with Gasteiger partial charge in [0.15, 0.2) is 0 Å². The molecule has 0 bridgehead atoms. The Hall–Kier alpha value is -3.07. The Balaban J connectivity index is 1.61. The highest BCUT2D eigenvalue weighted by Crippen LogP contribution is 2.30. The minimum absolute atomic E-state index is 0.106. The van der Waals surface area contributed by atoms with Crippen LogP contribution in [0.5, 0.6) is 0 Å². The number of sulfonamides is 1. The summed E-state index contributed by atoms with van der Waals surface area (Å²) in [6.45, 7) is 1.88. The van der Waals surface area contributed by atoms with Gasteiger partial charge in [-0.1, -0.05) is 59.6 Å². The number of carbonyl (C=O) groups is 1. The quantitative estimate of drug-likeness (QED) is 0.444. The van der Waals surface area contributed by atoms with Crippen molar-refractivity contribution in [3.05, 3.63) is 95.1 Å². The molecule has 6 nitrogen and oxygen atoms in total. The monoisotopic (exact) mass is 478 g/mol. The number of carbonyl (C=O) groups excluding carboxylic acids is 1. The Labute approximate surface area is 197 Å². The van der Waals surface area contributed by atoms with Crippen molar-refractivity contribution < 1.29 is 17.9 Å². The Morgan fingerprint density at radius 1 is 1.03 bits per heavy atom. The molecule has 1 atom stereocenters. The third kappa shape index (κ3) is 3.95. The molecule has 1 fully saturated rings. The number of hydrogen-bond donors (Lipinski definition) is 1. The molecule has 1 aliphatic heterocycles. The smallest absolute Gasteiger partial charge is 0.502 e. The van der Waals surface area contributed by atoms with E-state index in [1.165, 1.54) is 4.22 Å².